The maximum absolute atomic E-state index is 13.4. The second kappa shape index (κ2) is 11.5. The van der Waals surface area contributed by atoms with Crippen LogP contribution in [-0.2, 0) is 4.79 Å². The Morgan fingerprint density at radius 2 is 1.31 bits per heavy atom. The van der Waals surface area contributed by atoms with Crippen molar-refractivity contribution in [2.24, 2.45) is 11.7 Å². The van der Waals surface area contributed by atoms with Gasteiger partial charge in [0.15, 0.2) is 0 Å². The summed E-state index contributed by atoms with van der Waals surface area (Å²) in [6.07, 6.45) is 0. The van der Waals surface area contributed by atoms with Crippen LogP contribution < -0.4 is 5.73 Å². The van der Waals surface area contributed by atoms with E-state index < -0.39 is 0 Å². The molecule has 0 radical (unpaired) electrons. The standard InChI is InChI=1S/C21H25F2N3O.2ClH/c1-15(14-24)21(27)26-12-10-25(11-13-26)20(16-2-6-18(22)7-3-16)17-4-8-19(23)9-5-17;;/h2-9,15,20H,10-14,24H2,1H3;2*1H. The number of carbonyl (C=O) groups excluding carboxylic acids is 1. The predicted octanol–water partition coefficient (Wildman–Crippen LogP) is 3.64. The minimum atomic E-state index is -0.289. The number of amides is 1. The van der Waals surface area contributed by atoms with Crippen LogP contribution in [0.1, 0.15) is 24.1 Å². The average molecular weight is 446 g/mol. The van der Waals surface area contributed by atoms with E-state index in [2.05, 4.69) is 4.90 Å². The molecule has 1 aliphatic rings. The van der Waals surface area contributed by atoms with Crippen LogP contribution in [0.4, 0.5) is 8.78 Å². The molecule has 1 atom stereocenters. The van der Waals surface area contributed by atoms with Crippen molar-refractivity contribution in [2.75, 3.05) is 32.7 Å². The molecule has 0 bridgehead atoms. The lowest BCUT2D eigenvalue weighted by molar-refractivity contribution is -0.136. The van der Waals surface area contributed by atoms with Crippen molar-refractivity contribution >= 4 is 30.7 Å². The zero-order chi connectivity index (χ0) is 19.4. The molecule has 0 spiro atoms. The number of benzene rings is 2. The number of carbonyl (C=O) groups is 1. The van der Waals surface area contributed by atoms with Crippen LogP contribution in [0.15, 0.2) is 48.5 Å². The summed E-state index contributed by atoms with van der Waals surface area (Å²) in [5.74, 6) is -0.676. The summed E-state index contributed by atoms with van der Waals surface area (Å²) < 4.78 is 26.8. The van der Waals surface area contributed by atoms with E-state index in [-0.39, 0.29) is 54.3 Å². The van der Waals surface area contributed by atoms with Gasteiger partial charge in [-0.15, -0.1) is 24.8 Å². The first-order valence-corrected chi connectivity index (χ1v) is 9.23. The van der Waals surface area contributed by atoms with Gasteiger partial charge in [-0.2, -0.15) is 0 Å². The van der Waals surface area contributed by atoms with Crippen LogP contribution in [0.3, 0.4) is 0 Å². The first-order valence-electron chi connectivity index (χ1n) is 9.23. The topological polar surface area (TPSA) is 49.6 Å². The highest BCUT2D eigenvalue weighted by Gasteiger charge is 2.29. The number of hydrogen-bond donors (Lipinski definition) is 1. The van der Waals surface area contributed by atoms with Crippen LogP contribution in [0.25, 0.3) is 0 Å². The van der Waals surface area contributed by atoms with Crippen molar-refractivity contribution in [3.63, 3.8) is 0 Å². The van der Waals surface area contributed by atoms with E-state index in [1.54, 1.807) is 24.3 Å². The van der Waals surface area contributed by atoms with E-state index in [1.807, 2.05) is 11.8 Å². The Labute approximate surface area is 182 Å². The Kier molecular flexibility index (Phi) is 10.00. The second-order valence-corrected chi connectivity index (χ2v) is 7.00. The SMILES string of the molecule is CC(CN)C(=O)N1CCN(C(c2ccc(F)cc2)c2ccc(F)cc2)CC1.Cl.Cl. The van der Waals surface area contributed by atoms with Crippen molar-refractivity contribution in [3.8, 4) is 0 Å². The Balaban J connectivity index is 0.00000210. The van der Waals surface area contributed by atoms with Gasteiger partial charge in [0, 0.05) is 38.6 Å². The number of rotatable bonds is 5. The van der Waals surface area contributed by atoms with Crippen molar-refractivity contribution in [1.29, 1.82) is 0 Å². The van der Waals surface area contributed by atoms with Gasteiger partial charge >= 0.3 is 0 Å². The van der Waals surface area contributed by atoms with Crippen molar-refractivity contribution in [2.45, 2.75) is 13.0 Å². The van der Waals surface area contributed by atoms with E-state index in [1.165, 1.54) is 24.3 Å². The fourth-order valence-electron chi connectivity index (χ4n) is 3.52. The Morgan fingerprint density at radius 3 is 1.69 bits per heavy atom. The van der Waals surface area contributed by atoms with Crippen LogP contribution >= 0.6 is 24.8 Å². The van der Waals surface area contributed by atoms with Gasteiger partial charge in [-0.25, -0.2) is 8.78 Å². The van der Waals surface area contributed by atoms with E-state index >= 15 is 0 Å². The molecule has 8 heteroatoms. The van der Waals surface area contributed by atoms with Gasteiger partial charge in [0.1, 0.15) is 11.6 Å². The monoisotopic (exact) mass is 445 g/mol. The lowest BCUT2D eigenvalue weighted by Crippen LogP contribution is -2.51. The molecule has 0 aliphatic carbocycles. The summed E-state index contributed by atoms with van der Waals surface area (Å²) in [6, 6.07) is 12.7. The zero-order valence-electron chi connectivity index (χ0n) is 16.3. The van der Waals surface area contributed by atoms with Crippen LogP contribution in [0.5, 0.6) is 0 Å². The lowest BCUT2D eigenvalue weighted by Gasteiger charge is -2.40. The molecule has 29 heavy (non-hydrogen) atoms. The zero-order valence-corrected chi connectivity index (χ0v) is 17.9. The Hall–Kier alpha value is -1.73. The molecule has 1 amide bonds. The fourth-order valence-corrected chi connectivity index (χ4v) is 3.52. The highest BCUT2D eigenvalue weighted by atomic mass is 35.5. The summed E-state index contributed by atoms with van der Waals surface area (Å²) >= 11 is 0. The minimum Gasteiger partial charge on any atom is -0.340 e. The molecule has 1 saturated heterocycles. The van der Waals surface area contributed by atoms with Crippen molar-refractivity contribution in [1.82, 2.24) is 9.80 Å². The van der Waals surface area contributed by atoms with Gasteiger partial charge in [0.2, 0.25) is 5.91 Å². The van der Waals surface area contributed by atoms with Crippen LogP contribution in [-0.4, -0.2) is 48.4 Å². The molecule has 0 aromatic heterocycles. The van der Waals surface area contributed by atoms with Crippen LogP contribution in [0.2, 0.25) is 0 Å². The van der Waals surface area contributed by atoms with E-state index in [9.17, 15) is 13.6 Å². The molecule has 4 nitrogen and oxygen atoms in total. The molecule has 2 aromatic rings. The molecule has 2 N–H and O–H groups in total. The second-order valence-electron chi connectivity index (χ2n) is 7.00. The number of nitrogens with two attached hydrogens (primary N) is 1. The Bertz CT molecular complexity index is 721. The fraction of sp³-hybridized carbons (Fsp3) is 0.381. The number of piperazine rings is 1. The summed E-state index contributed by atoms with van der Waals surface area (Å²) in [5.41, 5.74) is 7.50. The Morgan fingerprint density at radius 1 is 0.897 bits per heavy atom. The first kappa shape index (κ1) is 25.3. The molecule has 1 unspecified atom stereocenters. The van der Waals surface area contributed by atoms with Gasteiger partial charge in [0.25, 0.3) is 0 Å². The molecule has 2 aromatic carbocycles. The molecule has 1 fully saturated rings. The molecule has 3 rings (SSSR count). The molecule has 1 aliphatic heterocycles. The van der Waals surface area contributed by atoms with Crippen molar-refractivity contribution in [3.05, 3.63) is 71.3 Å². The van der Waals surface area contributed by atoms with E-state index in [4.69, 9.17) is 5.73 Å². The van der Waals surface area contributed by atoms with E-state index in [0.29, 0.717) is 32.7 Å². The number of nitrogens with zero attached hydrogens (tertiary/aromatic N) is 2. The lowest BCUT2D eigenvalue weighted by atomic mass is 9.96. The highest BCUT2D eigenvalue weighted by Crippen LogP contribution is 2.30. The van der Waals surface area contributed by atoms with Crippen LogP contribution in [0, 0.1) is 17.6 Å². The van der Waals surface area contributed by atoms with Gasteiger partial charge in [-0.1, -0.05) is 31.2 Å². The van der Waals surface area contributed by atoms with E-state index in [0.717, 1.165) is 11.1 Å². The highest BCUT2D eigenvalue weighted by molar-refractivity contribution is 5.85. The normalized spacial score (nSPS) is 15.4. The largest absolute Gasteiger partial charge is 0.340 e. The first-order chi connectivity index (χ1) is 13.0. The molecule has 160 valence electrons. The third-order valence-electron chi connectivity index (χ3n) is 5.14. The number of hydrogen-bond acceptors (Lipinski definition) is 3. The maximum atomic E-state index is 13.4. The molecular formula is C21H27Cl2F2N3O. The van der Waals surface area contributed by atoms with Gasteiger partial charge in [-0.05, 0) is 35.4 Å². The predicted molar refractivity (Wildman–Crippen MR) is 116 cm³/mol. The quantitative estimate of drug-likeness (QED) is 0.763. The van der Waals surface area contributed by atoms with Gasteiger partial charge in [0.05, 0.1) is 6.04 Å². The summed E-state index contributed by atoms with van der Waals surface area (Å²) in [5, 5.41) is 0. The summed E-state index contributed by atoms with van der Waals surface area (Å²) in [7, 11) is 0. The average Bonchev–Trinajstić information content (AvgIpc) is 2.70. The third kappa shape index (κ3) is 6.12. The smallest absolute Gasteiger partial charge is 0.226 e. The molecular weight excluding hydrogens is 419 g/mol. The summed E-state index contributed by atoms with van der Waals surface area (Å²) in [6.45, 7) is 4.77. The summed E-state index contributed by atoms with van der Waals surface area (Å²) in [4.78, 5) is 16.5. The minimum absolute atomic E-state index is 0. The van der Waals surface area contributed by atoms with Gasteiger partial charge in [-0.3, -0.25) is 9.69 Å². The number of halogens is 4. The molecule has 0 saturated carbocycles. The van der Waals surface area contributed by atoms with Crippen molar-refractivity contribution < 1.29 is 13.6 Å². The molecule has 1 heterocycles. The van der Waals surface area contributed by atoms with Gasteiger partial charge < -0.3 is 10.6 Å². The third-order valence-corrected chi connectivity index (χ3v) is 5.14. The maximum Gasteiger partial charge on any atom is 0.226 e.